The van der Waals surface area contributed by atoms with Crippen LogP contribution >= 0.6 is 11.6 Å². The predicted molar refractivity (Wildman–Crippen MR) is 154 cm³/mol. The first-order chi connectivity index (χ1) is 19.6. The van der Waals surface area contributed by atoms with Crippen molar-refractivity contribution in [1.29, 1.82) is 0 Å². The average Bonchev–Trinajstić information content (AvgIpc) is 3.71. The zero-order chi connectivity index (χ0) is 27.1. The molecular weight excluding hydrogens is 526 g/mol. The standard InChI is InChI=1S/C31H32ClN5O3/c32-26-2-1-13-33-30(26)29(20-3-4-20)34-31(38)21-7-10-27-25(16-21)28(36-35-27)19-5-8-23(9-6-19)40-24-11-14-37(15-12-24)22-17-39-18-22/h1-2,5-10,13,16,20,22,24,29H,3-4,11-12,14-15,17-18H2,(H,34,38)(H,35,36). The van der Waals surface area contributed by atoms with Crippen LogP contribution in [0.2, 0.25) is 5.02 Å². The van der Waals surface area contributed by atoms with Gasteiger partial charge < -0.3 is 14.8 Å². The Labute approximate surface area is 238 Å². The molecule has 2 saturated heterocycles. The Morgan fingerprint density at radius 1 is 1.07 bits per heavy atom. The fraction of sp³-hybridized carbons (Fsp3) is 0.387. The molecule has 4 heterocycles. The molecule has 9 heteroatoms. The van der Waals surface area contributed by atoms with Crippen LogP contribution in [0.15, 0.2) is 60.8 Å². The number of nitrogens with one attached hydrogen (secondary N) is 2. The Balaban J connectivity index is 1.05. The van der Waals surface area contributed by atoms with Gasteiger partial charge in [-0.3, -0.25) is 19.8 Å². The Bertz CT molecular complexity index is 1510. The number of fused-ring (bicyclic) bond motifs is 1. The summed E-state index contributed by atoms with van der Waals surface area (Å²) in [6.07, 6.45) is 6.12. The minimum Gasteiger partial charge on any atom is -0.490 e. The molecule has 2 N–H and O–H groups in total. The summed E-state index contributed by atoms with van der Waals surface area (Å²) in [7, 11) is 0. The summed E-state index contributed by atoms with van der Waals surface area (Å²) in [4.78, 5) is 20.3. The third-order valence-corrected chi connectivity index (χ3v) is 8.65. The normalized spacial score (nSPS) is 19.3. The van der Waals surface area contributed by atoms with Gasteiger partial charge in [0.1, 0.15) is 11.9 Å². The molecule has 8 nitrogen and oxygen atoms in total. The Kier molecular flexibility index (Phi) is 6.91. The number of hydrogen-bond acceptors (Lipinski definition) is 6. The van der Waals surface area contributed by atoms with Crippen LogP contribution in [0.1, 0.15) is 47.8 Å². The Morgan fingerprint density at radius 3 is 2.58 bits per heavy atom. The molecular formula is C31H32ClN5O3. The molecule has 3 aliphatic rings. The average molecular weight is 558 g/mol. The van der Waals surface area contributed by atoms with Gasteiger partial charge in [-0.05, 0) is 86.2 Å². The molecule has 0 bridgehead atoms. The van der Waals surface area contributed by atoms with E-state index in [2.05, 4.69) is 25.4 Å². The lowest BCUT2D eigenvalue weighted by Crippen LogP contribution is -2.52. The second-order valence-corrected chi connectivity index (χ2v) is 11.5. The van der Waals surface area contributed by atoms with Gasteiger partial charge in [-0.1, -0.05) is 11.6 Å². The molecule has 4 aromatic rings. The van der Waals surface area contributed by atoms with Gasteiger partial charge in [-0.15, -0.1) is 0 Å². The number of H-pyrrole nitrogens is 1. The zero-order valence-electron chi connectivity index (χ0n) is 22.2. The maximum Gasteiger partial charge on any atom is 0.251 e. The van der Waals surface area contributed by atoms with Crippen molar-refractivity contribution in [2.24, 2.45) is 5.92 Å². The van der Waals surface area contributed by atoms with E-state index in [1.165, 1.54) is 0 Å². The van der Waals surface area contributed by atoms with Gasteiger partial charge in [-0.25, -0.2) is 0 Å². The summed E-state index contributed by atoms with van der Waals surface area (Å²) in [6, 6.07) is 17.7. The van der Waals surface area contributed by atoms with E-state index < -0.39 is 0 Å². The predicted octanol–water partition coefficient (Wildman–Crippen LogP) is 5.40. The van der Waals surface area contributed by atoms with E-state index in [4.69, 9.17) is 21.1 Å². The smallest absolute Gasteiger partial charge is 0.251 e. The van der Waals surface area contributed by atoms with E-state index in [0.29, 0.717) is 22.5 Å². The molecule has 0 radical (unpaired) electrons. The highest BCUT2D eigenvalue weighted by Crippen LogP contribution is 2.42. The van der Waals surface area contributed by atoms with Gasteiger partial charge in [0.25, 0.3) is 5.91 Å². The van der Waals surface area contributed by atoms with Crippen LogP contribution < -0.4 is 10.1 Å². The van der Waals surface area contributed by atoms with Crippen LogP contribution in [0.5, 0.6) is 5.75 Å². The lowest BCUT2D eigenvalue weighted by molar-refractivity contribution is -0.0778. The van der Waals surface area contributed by atoms with Crippen LogP contribution in [-0.4, -0.2) is 64.4 Å². The van der Waals surface area contributed by atoms with E-state index in [1.807, 2.05) is 48.5 Å². The van der Waals surface area contributed by atoms with Gasteiger partial charge in [0, 0.05) is 35.8 Å². The molecule has 206 valence electrons. The molecule has 2 aliphatic heterocycles. The molecule has 1 saturated carbocycles. The van der Waals surface area contributed by atoms with Crippen LogP contribution in [-0.2, 0) is 4.74 Å². The summed E-state index contributed by atoms with van der Waals surface area (Å²) in [5.74, 6) is 1.08. The minimum atomic E-state index is -0.201. The molecule has 2 aromatic carbocycles. The van der Waals surface area contributed by atoms with Crippen molar-refractivity contribution in [1.82, 2.24) is 25.4 Å². The highest BCUT2D eigenvalue weighted by atomic mass is 35.5. The highest BCUT2D eigenvalue weighted by molar-refractivity contribution is 6.31. The van der Waals surface area contributed by atoms with Gasteiger partial charge in [0.2, 0.25) is 0 Å². The van der Waals surface area contributed by atoms with Crippen molar-refractivity contribution in [2.45, 2.75) is 43.9 Å². The summed E-state index contributed by atoms with van der Waals surface area (Å²) in [6.45, 7) is 3.84. The second kappa shape index (κ2) is 10.8. The quantitative estimate of drug-likeness (QED) is 0.301. The first-order valence-corrected chi connectivity index (χ1v) is 14.5. The number of amides is 1. The number of pyridine rings is 1. The summed E-state index contributed by atoms with van der Waals surface area (Å²) >= 11 is 6.42. The number of carbonyl (C=O) groups excluding carboxylic acids is 1. The number of piperidine rings is 1. The number of carbonyl (C=O) groups is 1. The third-order valence-electron chi connectivity index (χ3n) is 8.33. The lowest BCUT2D eigenvalue weighted by atomic mass is 10.0. The Morgan fingerprint density at radius 2 is 1.88 bits per heavy atom. The summed E-state index contributed by atoms with van der Waals surface area (Å²) < 4.78 is 11.6. The van der Waals surface area contributed by atoms with E-state index in [-0.39, 0.29) is 18.1 Å². The van der Waals surface area contributed by atoms with E-state index >= 15 is 0 Å². The van der Waals surface area contributed by atoms with E-state index in [0.717, 1.165) is 85.6 Å². The number of aromatic nitrogens is 3. The van der Waals surface area contributed by atoms with Gasteiger partial charge >= 0.3 is 0 Å². The van der Waals surface area contributed by atoms with Crippen LogP contribution in [0, 0.1) is 5.92 Å². The third kappa shape index (κ3) is 5.19. The molecule has 7 rings (SSSR count). The second-order valence-electron chi connectivity index (χ2n) is 11.1. The topological polar surface area (TPSA) is 92.4 Å². The number of benzene rings is 2. The van der Waals surface area contributed by atoms with E-state index in [1.54, 1.807) is 12.3 Å². The zero-order valence-corrected chi connectivity index (χ0v) is 22.9. The van der Waals surface area contributed by atoms with E-state index in [9.17, 15) is 4.79 Å². The van der Waals surface area contributed by atoms with Crippen molar-refractivity contribution in [3.05, 3.63) is 77.1 Å². The summed E-state index contributed by atoms with van der Waals surface area (Å²) in [5, 5.41) is 12.3. The lowest BCUT2D eigenvalue weighted by Gasteiger charge is -2.41. The molecule has 1 unspecified atom stereocenters. The largest absolute Gasteiger partial charge is 0.490 e. The maximum absolute atomic E-state index is 13.4. The van der Waals surface area contributed by atoms with Gasteiger partial charge in [-0.2, -0.15) is 5.10 Å². The van der Waals surface area contributed by atoms with Crippen molar-refractivity contribution in [2.75, 3.05) is 26.3 Å². The van der Waals surface area contributed by atoms with Crippen LogP contribution in [0.4, 0.5) is 0 Å². The fourth-order valence-corrected chi connectivity index (χ4v) is 5.98. The van der Waals surface area contributed by atoms with Gasteiger partial charge in [0.05, 0.1) is 47.2 Å². The minimum absolute atomic E-state index is 0.146. The maximum atomic E-state index is 13.4. The first-order valence-electron chi connectivity index (χ1n) is 14.1. The van der Waals surface area contributed by atoms with Gasteiger partial charge in [0.15, 0.2) is 0 Å². The van der Waals surface area contributed by atoms with Crippen molar-refractivity contribution in [3.63, 3.8) is 0 Å². The molecule has 1 aliphatic carbocycles. The number of halogens is 1. The molecule has 40 heavy (non-hydrogen) atoms. The molecule has 1 atom stereocenters. The number of likely N-dealkylation sites (tertiary alicyclic amines) is 1. The number of aromatic amines is 1. The number of nitrogens with zero attached hydrogens (tertiary/aromatic N) is 3. The number of rotatable bonds is 8. The van der Waals surface area contributed by atoms with Crippen LogP contribution in [0.25, 0.3) is 22.2 Å². The van der Waals surface area contributed by atoms with Crippen molar-refractivity contribution >= 4 is 28.4 Å². The fourth-order valence-electron chi connectivity index (χ4n) is 5.74. The highest BCUT2D eigenvalue weighted by Gasteiger charge is 2.36. The SMILES string of the molecule is O=C(NC(c1ncccc1Cl)C1CC1)c1ccc2[nH]nc(-c3ccc(OC4CCN(C5COC5)CC4)cc3)c2c1. The number of ether oxygens (including phenoxy) is 2. The van der Waals surface area contributed by atoms with Crippen molar-refractivity contribution < 1.29 is 14.3 Å². The summed E-state index contributed by atoms with van der Waals surface area (Å²) in [5.41, 5.74) is 3.95. The molecule has 1 amide bonds. The molecule has 0 spiro atoms. The van der Waals surface area contributed by atoms with Crippen LogP contribution in [0.3, 0.4) is 0 Å². The Hall–Kier alpha value is -3.46. The number of hydrogen-bond donors (Lipinski definition) is 2. The molecule has 2 aromatic heterocycles. The molecule has 3 fully saturated rings. The van der Waals surface area contributed by atoms with Crippen molar-refractivity contribution in [3.8, 4) is 17.0 Å². The monoisotopic (exact) mass is 557 g/mol. The first kappa shape index (κ1) is 25.5.